The molecule has 0 amide bonds. The van der Waals surface area contributed by atoms with Gasteiger partial charge in [-0.2, -0.15) is 0 Å². The van der Waals surface area contributed by atoms with E-state index in [1.807, 2.05) is 24.0 Å². The lowest BCUT2D eigenvalue weighted by Gasteiger charge is -2.08. The van der Waals surface area contributed by atoms with E-state index in [1.165, 1.54) is 22.3 Å². The summed E-state index contributed by atoms with van der Waals surface area (Å²) in [6, 6.07) is 15.9. The molecule has 27 heavy (non-hydrogen) atoms. The van der Waals surface area contributed by atoms with Crippen molar-refractivity contribution in [1.82, 2.24) is 14.3 Å². The number of halogens is 2. The number of nitrogens with zero attached hydrogens (tertiary/aromatic N) is 3. The molecule has 0 bridgehead atoms. The lowest BCUT2D eigenvalue weighted by Crippen LogP contribution is -2.21. The molecule has 4 aromatic rings. The number of aromatic nitrogens is 3. The van der Waals surface area contributed by atoms with Crippen LogP contribution in [-0.2, 0) is 6.16 Å². The summed E-state index contributed by atoms with van der Waals surface area (Å²) >= 11 is 3.36. The molecule has 0 saturated carbocycles. The number of rotatable bonds is 4. The molecule has 4 nitrogen and oxygen atoms in total. The van der Waals surface area contributed by atoms with Crippen LogP contribution in [-0.4, -0.2) is 14.3 Å². The van der Waals surface area contributed by atoms with Gasteiger partial charge >= 0.3 is 0 Å². The summed E-state index contributed by atoms with van der Waals surface area (Å²) in [6.07, 6.45) is 4.13. The molecular formula is C20H14BrFN3OP. The fraction of sp³-hybridized carbons (Fsp3) is 0.0500. The van der Waals surface area contributed by atoms with Crippen LogP contribution >= 0.6 is 23.6 Å². The van der Waals surface area contributed by atoms with Crippen molar-refractivity contribution in [2.45, 2.75) is 6.16 Å². The van der Waals surface area contributed by atoms with Gasteiger partial charge in [0.05, 0.1) is 0 Å². The van der Waals surface area contributed by atoms with Crippen LogP contribution in [0.25, 0.3) is 16.9 Å². The van der Waals surface area contributed by atoms with Crippen LogP contribution in [0.3, 0.4) is 0 Å². The lowest BCUT2D eigenvalue weighted by molar-refractivity contribution is 0.627. The lowest BCUT2D eigenvalue weighted by atomic mass is 10.2. The first-order valence-corrected chi connectivity index (χ1v) is 10.6. The van der Waals surface area contributed by atoms with E-state index in [2.05, 4.69) is 37.8 Å². The van der Waals surface area contributed by atoms with Gasteiger partial charge in [0.1, 0.15) is 16.1 Å². The van der Waals surface area contributed by atoms with Crippen LogP contribution in [0.1, 0.15) is 5.56 Å². The highest BCUT2D eigenvalue weighted by Crippen LogP contribution is 2.33. The van der Waals surface area contributed by atoms with Crippen molar-refractivity contribution in [2.24, 2.45) is 0 Å². The molecule has 0 aliphatic heterocycles. The minimum atomic E-state index is -0.720. The van der Waals surface area contributed by atoms with Gasteiger partial charge in [0, 0.05) is 29.8 Å². The van der Waals surface area contributed by atoms with Crippen molar-refractivity contribution in [1.29, 1.82) is 0 Å². The number of hydrogen-bond acceptors (Lipinski definition) is 3. The molecule has 0 radical (unpaired) electrons. The maximum Gasteiger partial charge on any atom is 0.281 e. The van der Waals surface area contributed by atoms with Crippen molar-refractivity contribution in [3.63, 3.8) is 0 Å². The van der Waals surface area contributed by atoms with E-state index in [-0.39, 0.29) is 11.4 Å². The van der Waals surface area contributed by atoms with Crippen LogP contribution in [0.15, 0.2) is 82.2 Å². The predicted octanol–water partition coefficient (Wildman–Crippen LogP) is 5.23. The van der Waals surface area contributed by atoms with Crippen LogP contribution in [0.4, 0.5) is 4.39 Å². The van der Waals surface area contributed by atoms with Gasteiger partial charge in [0.15, 0.2) is 0 Å². The van der Waals surface area contributed by atoms with Crippen molar-refractivity contribution < 1.29 is 4.39 Å². The third-order valence-corrected chi connectivity index (χ3v) is 6.13. The normalized spacial score (nSPS) is 11.6. The third-order valence-electron chi connectivity index (χ3n) is 4.07. The Labute approximate surface area is 164 Å². The highest BCUT2D eigenvalue weighted by atomic mass is 79.9. The standard InChI is InChI=1S/C20H14BrFN3OP/c21-18-11-25(17-8-6-16(22)7-9-17)20(26)19(24-18)15-10-23-27(13-15)12-14-4-2-1-3-5-14/h1-11,13H,12H2. The average Bonchev–Trinajstić information content (AvgIpc) is 3.13. The topological polar surface area (TPSA) is 47.8 Å². The van der Waals surface area contributed by atoms with E-state index in [9.17, 15) is 9.18 Å². The van der Waals surface area contributed by atoms with Crippen molar-refractivity contribution in [3.05, 3.63) is 99.1 Å². The molecule has 0 aliphatic carbocycles. The Morgan fingerprint density at radius 2 is 1.81 bits per heavy atom. The maximum absolute atomic E-state index is 13.2. The zero-order valence-electron chi connectivity index (χ0n) is 14.1. The van der Waals surface area contributed by atoms with E-state index >= 15 is 0 Å². The van der Waals surface area contributed by atoms with Gasteiger partial charge < -0.3 is 0 Å². The molecule has 0 N–H and O–H groups in total. The van der Waals surface area contributed by atoms with Gasteiger partial charge in [-0.05, 0) is 59.2 Å². The van der Waals surface area contributed by atoms with Crippen LogP contribution in [0.2, 0.25) is 0 Å². The van der Waals surface area contributed by atoms with Crippen molar-refractivity contribution in [2.75, 3.05) is 0 Å². The smallest absolute Gasteiger partial charge is 0.280 e. The molecule has 0 saturated heterocycles. The molecule has 1 unspecified atom stereocenters. The van der Waals surface area contributed by atoms with E-state index in [0.29, 0.717) is 16.0 Å². The molecule has 4 rings (SSSR count). The monoisotopic (exact) mass is 441 g/mol. The first-order chi connectivity index (χ1) is 13.1. The largest absolute Gasteiger partial charge is 0.281 e. The van der Waals surface area contributed by atoms with Gasteiger partial charge in [-0.1, -0.05) is 30.3 Å². The number of benzene rings is 2. The average molecular weight is 442 g/mol. The second-order valence-electron chi connectivity index (χ2n) is 5.98. The quantitative estimate of drug-likeness (QED) is 0.435. The van der Waals surface area contributed by atoms with Gasteiger partial charge in [-0.15, -0.1) is 0 Å². The summed E-state index contributed by atoms with van der Waals surface area (Å²) in [5.41, 5.74) is 2.57. The third kappa shape index (κ3) is 3.92. The summed E-state index contributed by atoms with van der Waals surface area (Å²) in [4.78, 5) is 17.3. The Balaban J connectivity index is 1.72. The highest BCUT2D eigenvalue weighted by molar-refractivity contribution is 9.10. The van der Waals surface area contributed by atoms with Gasteiger partial charge in [0.2, 0.25) is 0 Å². The molecule has 1 atom stereocenters. The van der Waals surface area contributed by atoms with Gasteiger partial charge in [-0.25, -0.2) is 14.1 Å². The minimum Gasteiger partial charge on any atom is -0.280 e. The Morgan fingerprint density at radius 3 is 2.56 bits per heavy atom. The summed E-state index contributed by atoms with van der Waals surface area (Å²) in [5.74, 6) is 1.67. The SMILES string of the molecule is O=c1c(-c2cnp(Cc3ccccc3)c2)nc(Br)cn1-c1ccc(F)cc1. The summed E-state index contributed by atoms with van der Waals surface area (Å²) < 4.78 is 19.7. The summed E-state index contributed by atoms with van der Waals surface area (Å²) in [6.45, 7) is 0. The molecule has 2 aromatic heterocycles. The highest BCUT2D eigenvalue weighted by Gasteiger charge is 2.13. The molecule has 134 valence electrons. The van der Waals surface area contributed by atoms with Crippen LogP contribution < -0.4 is 5.56 Å². The summed E-state index contributed by atoms with van der Waals surface area (Å²) in [7, 11) is -0.720. The molecule has 2 aromatic carbocycles. The zero-order chi connectivity index (χ0) is 18.8. The summed E-state index contributed by atoms with van der Waals surface area (Å²) in [5, 5.41) is 0. The van der Waals surface area contributed by atoms with Crippen molar-refractivity contribution >= 4 is 23.6 Å². The predicted molar refractivity (Wildman–Crippen MR) is 109 cm³/mol. The molecule has 0 aliphatic rings. The Bertz CT molecular complexity index is 1140. The second-order valence-corrected chi connectivity index (χ2v) is 8.47. The molecule has 0 fully saturated rings. The Hall–Kier alpha value is -2.56. The molecule has 0 spiro atoms. The van der Waals surface area contributed by atoms with Crippen molar-refractivity contribution in [3.8, 4) is 16.9 Å². The van der Waals surface area contributed by atoms with E-state index in [1.54, 1.807) is 24.5 Å². The van der Waals surface area contributed by atoms with Gasteiger partial charge in [0.25, 0.3) is 5.56 Å². The zero-order valence-corrected chi connectivity index (χ0v) is 16.6. The Morgan fingerprint density at radius 1 is 1.07 bits per heavy atom. The van der Waals surface area contributed by atoms with Gasteiger partial charge in [-0.3, -0.25) is 9.36 Å². The van der Waals surface area contributed by atoms with Crippen LogP contribution in [0, 0.1) is 5.82 Å². The van der Waals surface area contributed by atoms with E-state index in [4.69, 9.17) is 0 Å². The maximum atomic E-state index is 13.2. The Kier molecular flexibility index (Phi) is 5.01. The fourth-order valence-electron chi connectivity index (χ4n) is 2.79. The number of hydrogen-bond donors (Lipinski definition) is 0. The molecule has 7 heteroatoms. The fourth-order valence-corrected chi connectivity index (χ4v) is 4.78. The van der Waals surface area contributed by atoms with E-state index in [0.717, 1.165) is 11.7 Å². The van der Waals surface area contributed by atoms with Crippen LogP contribution in [0.5, 0.6) is 0 Å². The molecule has 2 heterocycles. The van der Waals surface area contributed by atoms with E-state index < -0.39 is 7.69 Å². The first-order valence-electron chi connectivity index (χ1n) is 8.22. The second kappa shape index (κ2) is 7.59. The minimum absolute atomic E-state index is 0.265. The molecular weight excluding hydrogens is 428 g/mol. The first kappa shape index (κ1) is 17.8.